The number of hydrogen-bond acceptors (Lipinski definition) is 6. The first-order chi connectivity index (χ1) is 19.3. The molecule has 3 aromatic rings. The lowest BCUT2D eigenvalue weighted by molar-refractivity contribution is -0.00600. The largest absolute Gasteiger partial charge is 0.438 e. The second-order valence-corrected chi connectivity index (χ2v) is 11.3. The molecule has 2 fully saturated rings. The molecule has 40 heavy (non-hydrogen) atoms. The van der Waals surface area contributed by atoms with Crippen LogP contribution in [0.1, 0.15) is 55.5 Å². The van der Waals surface area contributed by atoms with Gasteiger partial charge in [-0.25, -0.2) is 9.37 Å². The highest BCUT2D eigenvalue weighted by Crippen LogP contribution is 2.35. The van der Waals surface area contributed by atoms with Gasteiger partial charge in [0, 0.05) is 49.4 Å². The number of piperazine rings is 1. The van der Waals surface area contributed by atoms with Crippen molar-refractivity contribution in [2.75, 3.05) is 19.6 Å². The van der Waals surface area contributed by atoms with Gasteiger partial charge in [-0.2, -0.15) is 0 Å². The van der Waals surface area contributed by atoms with Crippen molar-refractivity contribution >= 4 is 5.91 Å². The van der Waals surface area contributed by atoms with Gasteiger partial charge in [0.05, 0.1) is 6.20 Å². The van der Waals surface area contributed by atoms with Crippen LogP contribution in [-0.2, 0) is 6.42 Å². The molecule has 1 aromatic heterocycles. The van der Waals surface area contributed by atoms with E-state index in [4.69, 9.17) is 16.2 Å². The van der Waals surface area contributed by atoms with E-state index in [0.29, 0.717) is 29.9 Å². The number of amides is 1. The molecule has 212 valence electrons. The number of aromatic nitrogens is 1. The van der Waals surface area contributed by atoms with Gasteiger partial charge >= 0.3 is 0 Å². The molecule has 2 aromatic carbocycles. The molecule has 0 radical (unpaired) electrons. The number of rotatable bonds is 8. The van der Waals surface area contributed by atoms with E-state index in [1.165, 1.54) is 12.8 Å². The number of halogens is 1. The molecule has 0 bridgehead atoms. The van der Waals surface area contributed by atoms with E-state index in [9.17, 15) is 9.18 Å². The van der Waals surface area contributed by atoms with Gasteiger partial charge in [-0.3, -0.25) is 14.6 Å². The predicted octanol–water partition coefficient (Wildman–Crippen LogP) is 4.99. The van der Waals surface area contributed by atoms with Crippen LogP contribution in [0.2, 0.25) is 0 Å². The van der Waals surface area contributed by atoms with Crippen LogP contribution >= 0.6 is 0 Å². The van der Waals surface area contributed by atoms with Crippen LogP contribution in [0.4, 0.5) is 4.39 Å². The minimum Gasteiger partial charge on any atom is -0.438 e. The maximum absolute atomic E-state index is 13.8. The van der Waals surface area contributed by atoms with E-state index in [-0.39, 0.29) is 11.4 Å². The lowest BCUT2D eigenvalue weighted by atomic mass is 9.88. The average molecular weight is 546 g/mol. The van der Waals surface area contributed by atoms with Gasteiger partial charge < -0.3 is 16.2 Å². The van der Waals surface area contributed by atoms with Crippen LogP contribution in [0, 0.1) is 5.82 Å². The summed E-state index contributed by atoms with van der Waals surface area (Å²) >= 11 is 0. The molecule has 0 spiro atoms. The second kappa shape index (κ2) is 12.5. The summed E-state index contributed by atoms with van der Waals surface area (Å²) in [4.78, 5) is 21.3. The smallest absolute Gasteiger partial charge is 0.254 e. The van der Waals surface area contributed by atoms with Crippen LogP contribution in [0.5, 0.6) is 11.6 Å². The number of carbonyl (C=O) groups excluding carboxylic acids is 1. The van der Waals surface area contributed by atoms with Gasteiger partial charge in [0.1, 0.15) is 17.1 Å². The zero-order valence-electron chi connectivity index (χ0n) is 23.4. The molecule has 1 amide bonds. The van der Waals surface area contributed by atoms with Crippen molar-refractivity contribution in [1.29, 1.82) is 0 Å². The number of hydrogen-bond donors (Lipinski definition) is 2. The maximum atomic E-state index is 13.8. The lowest BCUT2D eigenvalue weighted by Gasteiger charge is -2.49. The fourth-order valence-corrected chi connectivity index (χ4v) is 6.61. The fraction of sp³-hybridized carbons (Fsp3) is 0.438. The number of nitrogens with zero attached hydrogens (tertiary/aromatic N) is 3. The molecule has 1 saturated heterocycles. The van der Waals surface area contributed by atoms with Crippen LogP contribution in [0.3, 0.4) is 0 Å². The van der Waals surface area contributed by atoms with Gasteiger partial charge in [0.15, 0.2) is 0 Å². The van der Waals surface area contributed by atoms with Crippen molar-refractivity contribution in [3.8, 4) is 22.8 Å². The molecule has 0 unspecified atom stereocenters. The highest BCUT2D eigenvalue weighted by Gasteiger charge is 2.35. The van der Waals surface area contributed by atoms with E-state index in [0.717, 1.165) is 67.9 Å². The third-order valence-electron chi connectivity index (χ3n) is 8.41. The zero-order chi connectivity index (χ0) is 28.2. The zero-order valence-corrected chi connectivity index (χ0v) is 23.4. The van der Waals surface area contributed by atoms with Gasteiger partial charge in [-0.15, -0.1) is 0 Å². The van der Waals surface area contributed by atoms with Crippen molar-refractivity contribution < 1.29 is 13.9 Å². The summed E-state index contributed by atoms with van der Waals surface area (Å²) in [5.41, 5.74) is 14.7. The predicted molar refractivity (Wildman–Crippen MR) is 156 cm³/mol. The van der Waals surface area contributed by atoms with Crippen molar-refractivity contribution in [3.05, 3.63) is 77.7 Å². The first-order valence-electron chi connectivity index (χ1n) is 14.4. The van der Waals surface area contributed by atoms with Crippen LogP contribution in [0.15, 0.2) is 60.8 Å². The first kappa shape index (κ1) is 28.2. The highest BCUT2D eigenvalue weighted by atomic mass is 19.1. The summed E-state index contributed by atoms with van der Waals surface area (Å²) in [6.45, 7) is 7.55. The second-order valence-electron chi connectivity index (χ2n) is 11.3. The minimum absolute atomic E-state index is 0.00317. The Morgan fingerprint density at radius 2 is 1.73 bits per heavy atom. The van der Waals surface area contributed by atoms with Crippen molar-refractivity contribution in [2.24, 2.45) is 11.5 Å². The molecular formula is C32H40FN5O2. The highest BCUT2D eigenvalue weighted by molar-refractivity contribution is 5.95. The van der Waals surface area contributed by atoms with Crippen LogP contribution in [0.25, 0.3) is 11.1 Å². The number of benzene rings is 2. The van der Waals surface area contributed by atoms with E-state index in [2.05, 4.69) is 46.8 Å². The summed E-state index contributed by atoms with van der Waals surface area (Å²) in [5, 5.41) is 0. The Bertz CT molecular complexity index is 1300. The molecule has 4 N–H and O–H groups in total. The molecule has 2 heterocycles. The van der Waals surface area contributed by atoms with E-state index >= 15 is 0 Å². The summed E-state index contributed by atoms with van der Waals surface area (Å²) in [7, 11) is 0. The Balaban J connectivity index is 1.38. The topological polar surface area (TPSA) is 97.7 Å². The molecule has 2 aliphatic rings. The fourth-order valence-electron chi connectivity index (χ4n) is 6.61. The molecule has 8 heteroatoms. The number of nitrogens with two attached hydrogens (primary N) is 2. The normalized spacial score (nSPS) is 24.1. The number of ether oxygens (including phenoxy) is 1. The van der Waals surface area contributed by atoms with E-state index in [1.54, 1.807) is 0 Å². The summed E-state index contributed by atoms with van der Waals surface area (Å²) in [6, 6.07) is 19.0. The van der Waals surface area contributed by atoms with Crippen LogP contribution in [-0.4, -0.2) is 64.5 Å². The van der Waals surface area contributed by atoms with Crippen molar-refractivity contribution in [2.45, 2.75) is 70.1 Å². The Kier molecular flexibility index (Phi) is 8.78. The molecule has 5 rings (SSSR count). The molecule has 1 aliphatic carbocycles. The molecule has 1 saturated carbocycles. The number of primary amides is 1. The Morgan fingerprint density at radius 1 is 1.02 bits per heavy atom. The number of carbonyl (C=O) groups is 1. The summed E-state index contributed by atoms with van der Waals surface area (Å²) in [5.74, 6) is -0.842. The SMILES string of the molecule is C[C@@H]1CN(CCc2c(Oc3ncc(F)cc3C(N)=O)cccc2-c2ccccc2)C[C@H](C)N1C1CCC(N)CC1. The van der Waals surface area contributed by atoms with Crippen LogP contribution < -0.4 is 16.2 Å². The summed E-state index contributed by atoms with van der Waals surface area (Å²) in [6.07, 6.45) is 6.38. The quantitative estimate of drug-likeness (QED) is 0.414. The van der Waals surface area contributed by atoms with Crippen molar-refractivity contribution in [3.63, 3.8) is 0 Å². The monoisotopic (exact) mass is 545 g/mol. The standard InChI is InChI=1S/C32H40FN5O2/c1-21-19-37(20-22(2)38(21)26-13-11-25(34)12-14-26)16-15-28-27(23-7-4-3-5-8-23)9-6-10-30(28)40-32-29(31(35)39)17-24(33)18-36-32/h3-10,17-18,21-22,25-26H,11-16,19-20,34H2,1-2H3,(H2,35,39)/t21-,22+,25?,26?. The van der Waals surface area contributed by atoms with Crippen molar-refractivity contribution in [1.82, 2.24) is 14.8 Å². The third-order valence-corrected chi connectivity index (χ3v) is 8.41. The lowest BCUT2D eigenvalue weighted by Crippen LogP contribution is -2.60. The Labute approximate surface area is 236 Å². The summed E-state index contributed by atoms with van der Waals surface area (Å²) < 4.78 is 20.0. The van der Waals surface area contributed by atoms with E-state index < -0.39 is 11.7 Å². The molecular weight excluding hydrogens is 505 g/mol. The Morgan fingerprint density at radius 3 is 2.40 bits per heavy atom. The first-order valence-corrected chi connectivity index (χ1v) is 14.4. The maximum Gasteiger partial charge on any atom is 0.254 e. The number of pyridine rings is 1. The Hall–Kier alpha value is -3.33. The molecule has 7 nitrogen and oxygen atoms in total. The third kappa shape index (κ3) is 6.35. The van der Waals surface area contributed by atoms with Gasteiger partial charge in [0.25, 0.3) is 5.91 Å². The van der Waals surface area contributed by atoms with Gasteiger partial charge in [-0.1, -0.05) is 42.5 Å². The van der Waals surface area contributed by atoms with E-state index in [1.807, 2.05) is 30.3 Å². The van der Waals surface area contributed by atoms with Gasteiger partial charge in [0.2, 0.25) is 5.88 Å². The minimum atomic E-state index is -0.788. The molecule has 1 aliphatic heterocycles. The molecule has 2 atom stereocenters. The van der Waals surface area contributed by atoms with Gasteiger partial charge in [-0.05, 0) is 69.2 Å². The average Bonchev–Trinajstić information content (AvgIpc) is 2.94.